The summed E-state index contributed by atoms with van der Waals surface area (Å²) in [5.74, 6) is 3.01. The van der Waals surface area contributed by atoms with Crippen molar-refractivity contribution in [2.24, 2.45) is 22.7 Å². The predicted molar refractivity (Wildman–Crippen MR) is 104 cm³/mol. The highest BCUT2D eigenvalue weighted by molar-refractivity contribution is 5.79. The Bertz CT molecular complexity index is 344. The maximum atomic E-state index is 5.60. The first-order chi connectivity index (χ1) is 11.5. The Morgan fingerprint density at radius 2 is 2.00 bits per heavy atom. The summed E-state index contributed by atoms with van der Waals surface area (Å²) in [5, 5.41) is 6.88. The SMILES string of the molecule is CN=C(NCCCOCC(C)C)NCC1CCCN(CC(C)C)C1. The number of nitrogens with zero attached hydrogens (tertiary/aromatic N) is 2. The fourth-order valence-corrected chi connectivity index (χ4v) is 3.16. The third-order valence-corrected chi connectivity index (χ3v) is 4.22. The number of guanidine groups is 1. The van der Waals surface area contributed by atoms with Crippen LogP contribution in [-0.4, -0.2) is 63.8 Å². The summed E-state index contributed by atoms with van der Waals surface area (Å²) in [7, 11) is 1.84. The Labute approximate surface area is 149 Å². The van der Waals surface area contributed by atoms with Gasteiger partial charge >= 0.3 is 0 Å². The number of nitrogens with one attached hydrogen (secondary N) is 2. The van der Waals surface area contributed by atoms with Crippen molar-refractivity contribution >= 4 is 5.96 Å². The number of aliphatic imine (C=N–C) groups is 1. The minimum atomic E-state index is 0.609. The number of ether oxygens (including phenoxy) is 1. The molecule has 1 aliphatic rings. The minimum Gasteiger partial charge on any atom is -0.381 e. The number of hydrogen-bond acceptors (Lipinski definition) is 3. The van der Waals surface area contributed by atoms with Crippen LogP contribution in [0.2, 0.25) is 0 Å². The summed E-state index contributed by atoms with van der Waals surface area (Å²) in [6.45, 7) is 16.2. The van der Waals surface area contributed by atoms with Crippen LogP contribution < -0.4 is 10.6 Å². The van der Waals surface area contributed by atoms with Crippen LogP contribution in [0.5, 0.6) is 0 Å². The van der Waals surface area contributed by atoms with Crippen LogP contribution in [0.1, 0.15) is 47.0 Å². The molecule has 1 aliphatic heterocycles. The van der Waals surface area contributed by atoms with Gasteiger partial charge in [0.25, 0.3) is 0 Å². The number of likely N-dealkylation sites (tertiary alicyclic amines) is 1. The fourth-order valence-electron chi connectivity index (χ4n) is 3.16. The van der Waals surface area contributed by atoms with E-state index in [0.717, 1.165) is 50.5 Å². The van der Waals surface area contributed by atoms with E-state index in [9.17, 15) is 0 Å². The van der Waals surface area contributed by atoms with Gasteiger partial charge in [0.1, 0.15) is 0 Å². The van der Waals surface area contributed by atoms with Gasteiger partial charge in [-0.05, 0) is 43.6 Å². The third kappa shape index (κ3) is 10.1. The zero-order chi connectivity index (χ0) is 17.8. The molecule has 0 aromatic rings. The van der Waals surface area contributed by atoms with Crippen molar-refractivity contribution in [1.82, 2.24) is 15.5 Å². The minimum absolute atomic E-state index is 0.609. The molecule has 1 atom stereocenters. The van der Waals surface area contributed by atoms with E-state index in [1.807, 2.05) is 7.05 Å². The van der Waals surface area contributed by atoms with E-state index < -0.39 is 0 Å². The standard InChI is InChI=1S/C19H40N4O/c1-16(2)13-23-10-6-8-18(14-23)12-22-19(20-5)21-9-7-11-24-15-17(3)4/h16-18H,6-15H2,1-5H3,(H2,20,21,22). The van der Waals surface area contributed by atoms with E-state index in [1.54, 1.807) is 0 Å². The average Bonchev–Trinajstić information content (AvgIpc) is 2.53. The van der Waals surface area contributed by atoms with Gasteiger partial charge < -0.3 is 20.3 Å². The van der Waals surface area contributed by atoms with Crippen molar-refractivity contribution in [2.45, 2.75) is 47.0 Å². The van der Waals surface area contributed by atoms with Crippen molar-refractivity contribution in [3.63, 3.8) is 0 Å². The molecule has 24 heavy (non-hydrogen) atoms. The van der Waals surface area contributed by atoms with Crippen molar-refractivity contribution < 1.29 is 4.74 Å². The Morgan fingerprint density at radius 1 is 1.21 bits per heavy atom. The van der Waals surface area contributed by atoms with Crippen LogP contribution in [0.3, 0.4) is 0 Å². The van der Waals surface area contributed by atoms with E-state index in [1.165, 1.54) is 32.5 Å². The van der Waals surface area contributed by atoms with Crippen molar-refractivity contribution in [2.75, 3.05) is 53.0 Å². The first-order valence-electron chi connectivity index (χ1n) is 9.75. The van der Waals surface area contributed by atoms with Gasteiger partial charge in [0.2, 0.25) is 0 Å². The zero-order valence-corrected chi connectivity index (χ0v) is 16.6. The second-order valence-corrected chi connectivity index (χ2v) is 7.86. The number of piperidine rings is 1. The van der Waals surface area contributed by atoms with Gasteiger partial charge in [-0.2, -0.15) is 0 Å². The molecule has 1 saturated heterocycles. The first-order valence-corrected chi connectivity index (χ1v) is 9.75. The molecule has 0 bridgehead atoms. The number of rotatable bonds is 10. The molecule has 0 aromatic heterocycles. The molecular weight excluding hydrogens is 300 g/mol. The van der Waals surface area contributed by atoms with Crippen LogP contribution in [0.25, 0.3) is 0 Å². The third-order valence-electron chi connectivity index (χ3n) is 4.22. The lowest BCUT2D eigenvalue weighted by Crippen LogP contribution is -2.45. The summed E-state index contributed by atoms with van der Waals surface area (Å²) in [6, 6.07) is 0. The number of hydrogen-bond donors (Lipinski definition) is 2. The van der Waals surface area contributed by atoms with Crippen molar-refractivity contribution in [1.29, 1.82) is 0 Å². The summed E-state index contributed by atoms with van der Waals surface area (Å²) in [4.78, 5) is 6.94. The van der Waals surface area contributed by atoms with Crippen LogP contribution in [0, 0.1) is 17.8 Å². The van der Waals surface area contributed by atoms with Gasteiger partial charge in [0.05, 0.1) is 0 Å². The normalized spacial score (nSPS) is 20.0. The quantitative estimate of drug-likeness (QED) is 0.365. The highest BCUT2D eigenvalue weighted by Crippen LogP contribution is 2.16. The van der Waals surface area contributed by atoms with Crippen LogP contribution in [-0.2, 0) is 4.74 Å². The molecule has 0 amide bonds. The molecule has 5 nitrogen and oxygen atoms in total. The van der Waals surface area contributed by atoms with Gasteiger partial charge in [-0.1, -0.05) is 27.7 Å². The largest absolute Gasteiger partial charge is 0.381 e. The monoisotopic (exact) mass is 340 g/mol. The molecule has 1 unspecified atom stereocenters. The van der Waals surface area contributed by atoms with E-state index in [-0.39, 0.29) is 0 Å². The van der Waals surface area contributed by atoms with Crippen LogP contribution in [0.4, 0.5) is 0 Å². The summed E-state index contributed by atoms with van der Waals surface area (Å²) < 4.78 is 5.60. The second-order valence-electron chi connectivity index (χ2n) is 7.86. The van der Waals surface area contributed by atoms with E-state index >= 15 is 0 Å². The Kier molecular flexibility index (Phi) is 11.1. The molecule has 5 heteroatoms. The molecule has 142 valence electrons. The predicted octanol–water partition coefficient (Wildman–Crippen LogP) is 2.58. The molecule has 0 saturated carbocycles. The van der Waals surface area contributed by atoms with Crippen LogP contribution >= 0.6 is 0 Å². The topological polar surface area (TPSA) is 48.9 Å². The Hall–Kier alpha value is -0.810. The maximum Gasteiger partial charge on any atom is 0.190 e. The molecular formula is C19H40N4O. The molecule has 0 radical (unpaired) electrons. The molecule has 1 fully saturated rings. The maximum absolute atomic E-state index is 5.60. The zero-order valence-electron chi connectivity index (χ0n) is 16.6. The van der Waals surface area contributed by atoms with Gasteiger partial charge in [-0.3, -0.25) is 4.99 Å². The summed E-state index contributed by atoms with van der Waals surface area (Å²) in [6.07, 6.45) is 3.65. The van der Waals surface area contributed by atoms with Gasteiger partial charge in [0.15, 0.2) is 5.96 Å². The molecule has 1 heterocycles. The Morgan fingerprint density at radius 3 is 2.67 bits per heavy atom. The molecule has 0 aromatic carbocycles. The molecule has 0 aliphatic carbocycles. The highest BCUT2D eigenvalue weighted by Gasteiger charge is 2.20. The fraction of sp³-hybridized carbons (Fsp3) is 0.947. The first kappa shape index (κ1) is 21.2. The average molecular weight is 341 g/mol. The van der Waals surface area contributed by atoms with Gasteiger partial charge in [-0.15, -0.1) is 0 Å². The second kappa shape index (κ2) is 12.5. The molecule has 1 rings (SSSR count). The smallest absolute Gasteiger partial charge is 0.190 e. The lowest BCUT2D eigenvalue weighted by atomic mass is 9.97. The summed E-state index contributed by atoms with van der Waals surface area (Å²) in [5.41, 5.74) is 0. The van der Waals surface area contributed by atoms with Crippen LogP contribution in [0.15, 0.2) is 4.99 Å². The van der Waals surface area contributed by atoms with Crippen molar-refractivity contribution in [3.8, 4) is 0 Å². The summed E-state index contributed by atoms with van der Waals surface area (Å²) >= 11 is 0. The Balaban J connectivity index is 2.14. The lowest BCUT2D eigenvalue weighted by molar-refractivity contribution is 0.108. The van der Waals surface area contributed by atoms with Gasteiger partial charge in [0, 0.05) is 46.4 Å². The molecule has 0 spiro atoms. The highest BCUT2D eigenvalue weighted by atomic mass is 16.5. The van der Waals surface area contributed by atoms with Gasteiger partial charge in [-0.25, -0.2) is 0 Å². The lowest BCUT2D eigenvalue weighted by Gasteiger charge is -2.34. The van der Waals surface area contributed by atoms with E-state index in [0.29, 0.717) is 5.92 Å². The van der Waals surface area contributed by atoms with E-state index in [2.05, 4.69) is 48.2 Å². The van der Waals surface area contributed by atoms with Crippen molar-refractivity contribution in [3.05, 3.63) is 0 Å². The molecule has 2 N–H and O–H groups in total. The van der Waals surface area contributed by atoms with E-state index in [4.69, 9.17) is 4.74 Å².